The molecule has 0 radical (unpaired) electrons. The van der Waals surface area contributed by atoms with E-state index >= 15 is 0 Å². The van der Waals surface area contributed by atoms with Crippen LogP contribution in [0.3, 0.4) is 0 Å². The monoisotopic (exact) mass is 473 g/mol. The highest BCUT2D eigenvalue weighted by Crippen LogP contribution is 2.35. The van der Waals surface area contributed by atoms with Gasteiger partial charge in [-0.25, -0.2) is 4.68 Å². The average Bonchev–Trinajstić information content (AvgIpc) is 3.16. The Balaban J connectivity index is 1.51. The molecule has 7 nitrogen and oxygen atoms in total. The van der Waals surface area contributed by atoms with E-state index in [0.29, 0.717) is 11.0 Å². The third kappa shape index (κ3) is 5.77. The van der Waals surface area contributed by atoms with Crippen molar-refractivity contribution in [3.8, 4) is 5.75 Å². The molecule has 1 aromatic heterocycles. The number of hydrogen-bond donors (Lipinski definition) is 2. The van der Waals surface area contributed by atoms with Crippen LogP contribution in [0.25, 0.3) is 0 Å². The van der Waals surface area contributed by atoms with Crippen LogP contribution in [0.1, 0.15) is 33.3 Å². The Hall–Kier alpha value is -3.78. The van der Waals surface area contributed by atoms with Crippen LogP contribution in [0.5, 0.6) is 5.75 Å². The third-order valence-corrected chi connectivity index (χ3v) is 6.39. The van der Waals surface area contributed by atoms with E-state index in [-0.39, 0.29) is 12.5 Å². The number of nitrogens with one attached hydrogen (secondary N) is 1. The summed E-state index contributed by atoms with van der Waals surface area (Å²) in [7, 11) is 0. The summed E-state index contributed by atoms with van der Waals surface area (Å²) in [5.74, 6) is 7.32. The number of nitrogens with two attached hydrogens (primary N) is 1. The minimum atomic E-state index is -0.567. The Morgan fingerprint density at radius 2 is 1.65 bits per heavy atom. The molecule has 0 bridgehead atoms. The van der Waals surface area contributed by atoms with Crippen molar-refractivity contribution in [3.05, 3.63) is 101 Å². The quantitative estimate of drug-likeness (QED) is 0.277. The molecule has 174 valence electrons. The number of hydrogen-bond acceptors (Lipinski definition) is 6. The number of carbonyl (C=O) groups is 1. The van der Waals surface area contributed by atoms with Gasteiger partial charge in [0.2, 0.25) is 11.1 Å². The van der Waals surface area contributed by atoms with Gasteiger partial charge in [0.15, 0.2) is 5.82 Å². The predicted molar refractivity (Wildman–Crippen MR) is 135 cm³/mol. The third-order valence-electron chi connectivity index (χ3n) is 5.18. The zero-order chi connectivity index (χ0) is 24.1. The molecule has 1 unspecified atom stereocenters. The van der Waals surface area contributed by atoms with Crippen LogP contribution < -0.4 is 15.9 Å². The Morgan fingerprint density at radius 3 is 2.32 bits per heavy atom. The Labute approximate surface area is 203 Å². The van der Waals surface area contributed by atoms with Crippen molar-refractivity contribution in [1.82, 2.24) is 14.9 Å². The van der Waals surface area contributed by atoms with Crippen LogP contribution in [0.15, 0.2) is 78.0 Å². The first kappa shape index (κ1) is 23.4. The van der Waals surface area contributed by atoms with Crippen molar-refractivity contribution >= 4 is 23.4 Å². The van der Waals surface area contributed by atoms with Gasteiger partial charge in [0.05, 0.1) is 0 Å². The maximum Gasteiger partial charge on any atom is 0.242 e. The number of amides is 1. The summed E-state index contributed by atoms with van der Waals surface area (Å²) < 4.78 is 7.26. The second-order valence-corrected chi connectivity index (χ2v) is 9.22. The highest BCUT2D eigenvalue weighted by atomic mass is 32.2. The second kappa shape index (κ2) is 10.4. The van der Waals surface area contributed by atoms with Crippen molar-refractivity contribution in [3.63, 3.8) is 0 Å². The summed E-state index contributed by atoms with van der Waals surface area (Å²) in [6, 6.07) is 23.2. The molecular weight excluding hydrogens is 446 g/mol. The molecule has 34 heavy (non-hydrogen) atoms. The summed E-state index contributed by atoms with van der Waals surface area (Å²) in [4.78, 5) is 13.2. The number of ether oxygens (including phenoxy) is 1. The smallest absolute Gasteiger partial charge is 0.242 e. The lowest BCUT2D eigenvalue weighted by atomic mass is 10.1. The summed E-state index contributed by atoms with van der Waals surface area (Å²) >= 11 is 1.24. The van der Waals surface area contributed by atoms with Crippen LogP contribution in [0.4, 0.5) is 5.69 Å². The Kier molecular flexibility index (Phi) is 7.18. The summed E-state index contributed by atoms with van der Waals surface area (Å²) in [6.07, 6.45) is 0. The minimum absolute atomic E-state index is 0.165. The lowest BCUT2D eigenvalue weighted by molar-refractivity contribution is -0.115. The van der Waals surface area contributed by atoms with E-state index in [0.717, 1.165) is 33.7 Å². The number of carbonyl (C=O) groups excluding carboxylic acids is 1. The van der Waals surface area contributed by atoms with Gasteiger partial charge in [0, 0.05) is 5.69 Å². The number of rotatable bonds is 8. The minimum Gasteiger partial charge on any atom is -0.486 e. The highest BCUT2D eigenvalue weighted by Gasteiger charge is 2.25. The van der Waals surface area contributed by atoms with Crippen molar-refractivity contribution in [2.75, 3.05) is 11.2 Å². The average molecular weight is 474 g/mol. The molecule has 0 spiro atoms. The molecule has 3 N–H and O–H groups in total. The van der Waals surface area contributed by atoms with E-state index in [2.05, 4.69) is 21.6 Å². The molecule has 0 aliphatic heterocycles. The molecule has 4 aromatic rings. The molecule has 1 amide bonds. The number of anilines is 1. The number of nitrogen functional groups attached to an aromatic ring is 1. The lowest BCUT2D eigenvalue weighted by Crippen LogP contribution is -2.21. The maximum atomic E-state index is 13.2. The topological polar surface area (TPSA) is 95.1 Å². The van der Waals surface area contributed by atoms with E-state index in [9.17, 15) is 4.79 Å². The number of benzene rings is 3. The second-order valence-electron chi connectivity index (χ2n) is 8.14. The van der Waals surface area contributed by atoms with Crippen LogP contribution in [0, 0.1) is 20.8 Å². The SMILES string of the molecule is Cc1ccc(NC(=O)C(Sc2nnc(COc3cc(C)cc(C)c3)n2N)c2ccccc2)cc1. The van der Waals surface area contributed by atoms with E-state index in [1.54, 1.807) is 0 Å². The summed E-state index contributed by atoms with van der Waals surface area (Å²) in [5, 5.41) is 11.3. The van der Waals surface area contributed by atoms with Gasteiger partial charge in [0.25, 0.3) is 0 Å². The maximum absolute atomic E-state index is 13.2. The largest absolute Gasteiger partial charge is 0.486 e. The number of aromatic nitrogens is 3. The van der Waals surface area contributed by atoms with Gasteiger partial charge in [-0.3, -0.25) is 4.79 Å². The summed E-state index contributed by atoms with van der Waals surface area (Å²) in [6.45, 7) is 6.21. The van der Waals surface area contributed by atoms with Crippen LogP contribution >= 0.6 is 11.8 Å². The van der Waals surface area contributed by atoms with E-state index < -0.39 is 5.25 Å². The molecule has 0 fully saturated rings. The van der Waals surface area contributed by atoms with Gasteiger partial charge in [-0.1, -0.05) is 65.9 Å². The predicted octanol–water partition coefficient (Wildman–Crippen LogP) is 4.97. The number of aryl methyl sites for hydroxylation is 3. The van der Waals surface area contributed by atoms with Gasteiger partial charge in [-0.2, -0.15) is 0 Å². The molecule has 3 aromatic carbocycles. The van der Waals surface area contributed by atoms with Crippen molar-refractivity contribution < 1.29 is 9.53 Å². The molecule has 4 rings (SSSR count). The Morgan fingerprint density at radius 1 is 0.971 bits per heavy atom. The molecule has 1 atom stereocenters. The molecule has 1 heterocycles. The zero-order valence-electron chi connectivity index (χ0n) is 19.4. The van der Waals surface area contributed by atoms with E-state index in [1.165, 1.54) is 16.4 Å². The highest BCUT2D eigenvalue weighted by molar-refractivity contribution is 8.00. The number of thioether (sulfide) groups is 1. The first-order valence-corrected chi connectivity index (χ1v) is 11.8. The van der Waals surface area contributed by atoms with Gasteiger partial charge in [-0.15, -0.1) is 10.2 Å². The summed E-state index contributed by atoms with van der Waals surface area (Å²) in [5.41, 5.74) is 4.93. The van der Waals surface area contributed by atoms with Crippen LogP contribution in [0.2, 0.25) is 0 Å². The van der Waals surface area contributed by atoms with Crippen molar-refractivity contribution in [2.45, 2.75) is 37.8 Å². The first-order valence-electron chi connectivity index (χ1n) is 10.9. The van der Waals surface area contributed by atoms with Crippen LogP contribution in [-0.4, -0.2) is 20.8 Å². The van der Waals surface area contributed by atoms with Gasteiger partial charge in [0.1, 0.15) is 17.6 Å². The van der Waals surface area contributed by atoms with Gasteiger partial charge < -0.3 is 15.9 Å². The van der Waals surface area contributed by atoms with Gasteiger partial charge >= 0.3 is 0 Å². The lowest BCUT2D eigenvalue weighted by Gasteiger charge is -2.16. The van der Waals surface area contributed by atoms with E-state index in [4.69, 9.17) is 10.6 Å². The molecule has 0 saturated carbocycles. The fourth-order valence-electron chi connectivity index (χ4n) is 3.50. The van der Waals surface area contributed by atoms with E-state index in [1.807, 2.05) is 87.5 Å². The number of nitrogens with zero attached hydrogens (tertiary/aromatic N) is 3. The zero-order valence-corrected chi connectivity index (χ0v) is 20.2. The molecule has 0 saturated heterocycles. The fraction of sp³-hybridized carbons (Fsp3) is 0.192. The first-order chi connectivity index (χ1) is 16.4. The van der Waals surface area contributed by atoms with Crippen molar-refractivity contribution in [1.29, 1.82) is 0 Å². The molecule has 0 aliphatic carbocycles. The van der Waals surface area contributed by atoms with Gasteiger partial charge in [-0.05, 0) is 61.7 Å². The standard InChI is InChI=1S/C26H27N5O2S/c1-17-9-11-21(12-10-17)28-25(32)24(20-7-5-4-6-8-20)34-26-30-29-23(31(26)27)16-33-22-14-18(2)13-19(3)15-22/h4-15,24H,16,27H2,1-3H3,(H,28,32). The fourth-order valence-corrected chi connectivity index (χ4v) is 4.48. The van der Waals surface area contributed by atoms with Crippen LogP contribution in [-0.2, 0) is 11.4 Å². The molecule has 8 heteroatoms. The molecular formula is C26H27N5O2S. The Bertz CT molecular complexity index is 1250. The van der Waals surface area contributed by atoms with Crippen molar-refractivity contribution in [2.24, 2.45) is 0 Å². The normalized spacial score (nSPS) is 11.7. The molecule has 0 aliphatic rings.